The molecule has 4 unspecified atom stereocenters. The summed E-state index contributed by atoms with van der Waals surface area (Å²) in [6.07, 6.45) is 0. The van der Waals surface area contributed by atoms with E-state index >= 15 is 0 Å². The van der Waals surface area contributed by atoms with Crippen LogP contribution in [0, 0.1) is 0 Å². The second-order valence-corrected chi connectivity index (χ2v) is 5.10. The Labute approximate surface area is 106 Å². The van der Waals surface area contributed by atoms with Crippen molar-refractivity contribution in [1.82, 2.24) is 10.2 Å². The molecule has 0 rings (SSSR count). The van der Waals surface area contributed by atoms with Gasteiger partial charge in [0.25, 0.3) is 0 Å². The third-order valence-corrected chi connectivity index (χ3v) is 3.12. The summed E-state index contributed by atoms with van der Waals surface area (Å²) < 4.78 is 0. The number of hydrogen-bond acceptors (Lipinski definition) is 5. The van der Waals surface area contributed by atoms with Crippen LogP contribution in [0.1, 0.15) is 27.7 Å². The number of nitrogens with one attached hydrogen (secondary N) is 1. The Hall–Kier alpha value is -0.200. The molecule has 0 saturated heterocycles. The third-order valence-electron chi connectivity index (χ3n) is 3.12. The van der Waals surface area contributed by atoms with Gasteiger partial charge < -0.3 is 22.5 Å². The first-order valence-corrected chi connectivity index (χ1v) is 6.57. The van der Waals surface area contributed by atoms with E-state index < -0.39 is 0 Å². The Bertz CT molecular complexity index is 176. The van der Waals surface area contributed by atoms with Crippen molar-refractivity contribution in [3.8, 4) is 0 Å². The van der Waals surface area contributed by atoms with Gasteiger partial charge in [0.1, 0.15) is 0 Å². The van der Waals surface area contributed by atoms with Crippen LogP contribution in [0.15, 0.2) is 0 Å². The number of hydrogen-bond donors (Lipinski definition) is 4. The van der Waals surface area contributed by atoms with E-state index in [-0.39, 0.29) is 6.04 Å². The molecule has 0 fully saturated rings. The van der Waals surface area contributed by atoms with Crippen molar-refractivity contribution in [2.24, 2.45) is 17.2 Å². The topological polar surface area (TPSA) is 93.3 Å². The Morgan fingerprint density at radius 3 is 1.71 bits per heavy atom. The molecule has 5 nitrogen and oxygen atoms in total. The van der Waals surface area contributed by atoms with E-state index in [2.05, 4.69) is 31.0 Å². The Morgan fingerprint density at radius 1 is 0.882 bits per heavy atom. The SMILES string of the molecule is CC(N)CNCC(C)N(C(C)CN)C(C)CN. The van der Waals surface area contributed by atoms with Crippen molar-refractivity contribution in [3.63, 3.8) is 0 Å². The monoisotopic (exact) mass is 245 g/mol. The lowest BCUT2D eigenvalue weighted by Crippen LogP contribution is -2.54. The minimum Gasteiger partial charge on any atom is -0.329 e. The highest BCUT2D eigenvalue weighted by Crippen LogP contribution is 2.09. The maximum Gasteiger partial charge on any atom is 0.0199 e. The first-order chi connectivity index (χ1) is 7.93. The van der Waals surface area contributed by atoms with Gasteiger partial charge in [-0.3, -0.25) is 4.90 Å². The molecule has 0 heterocycles. The van der Waals surface area contributed by atoms with Gasteiger partial charge in [-0.2, -0.15) is 0 Å². The average Bonchev–Trinajstić information content (AvgIpc) is 2.28. The second kappa shape index (κ2) is 8.83. The van der Waals surface area contributed by atoms with Crippen LogP contribution >= 0.6 is 0 Å². The molecule has 0 aromatic heterocycles. The zero-order valence-corrected chi connectivity index (χ0v) is 11.8. The van der Waals surface area contributed by atoms with Crippen molar-refractivity contribution < 1.29 is 0 Å². The van der Waals surface area contributed by atoms with Crippen molar-refractivity contribution >= 4 is 0 Å². The molecular weight excluding hydrogens is 214 g/mol. The summed E-state index contributed by atoms with van der Waals surface area (Å²) >= 11 is 0. The molecule has 0 bridgehead atoms. The minimum atomic E-state index is 0.189. The van der Waals surface area contributed by atoms with Crippen LogP contribution < -0.4 is 22.5 Å². The molecule has 0 aromatic rings. The van der Waals surface area contributed by atoms with Gasteiger partial charge in [-0.05, 0) is 27.7 Å². The lowest BCUT2D eigenvalue weighted by Gasteiger charge is -2.38. The highest BCUT2D eigenvalue weighted by molar-refractivity contribution is 4.81. The van der Waals surface area contributed by atoms with Crippen molar-refractivity contribution in [1.29, 1.82) is 0 Å². The quantitative estimate of drug-likeness (QED) is 0.431. The lowest BCUT2D eigenvalue weighted by molar-refractivity contribution is 0.110. The summed E-state index contributed by atoms with van der Waals surface area (Å²) in [5.41, 5.74) is 17.2. The number of rotatable bonds is 9. The normalized spacial score (nSPS) is 19.1. The molecule has 0 aromatic carbocycles. The fourth-order valence-corrected chi connectivity index (χ4v) is 2.17. The van der Waals surface area contributed by atoms with E-state index in [1.54, 1.807) is 0 Å². The fourth-order valence-electron chi connectivity index (χ4n) is 2.17. The molecule has 0 amide bonds. The molecule has 104 valence electrons. The van der Waals surface area contributed by atoms with Crippen LogP contribution in [-0.4, -0.2) is 55.2 Å². The molecular formula is C12H31N5. The number of nitrogens with two attached hydrogens (primary N) is 3. The smallest absolute Gasteiger partial charge is 0.0199 e. The molecule has 7 N–H and O–H groups in total. The summed E-state index contributed by atoms with van der Waals surface area (Å²) in [5, 5.41) is 3.37. The summed E-state index contributed by atoms with van der Waals surface area (Å²) in [6, 6.07) is 1.29. The largest absolute Gasteiger partial charge is 0.329 e. The summed E-state index contributed by atoms with van der Waals surface area (Å²) in [5.74, 6) is 0. The molecule has 0 radical (unpaired) electrons. The molecule has 4 atom stereocenters. The van der Waals surface area contributed by atoms with Gasteiger partial charge in [-0.1, -0.05) is 0 Å². The standard InChI is InChI=1S/C12H31N5/c1-9(15)7-16-8-12(4)17(10(2)5-13)11(3)6-14/h9-12,16H,5-8,13-15H2,1-4H3. The van der Waals surface area contributed by atoms with E-state index in [1.807, 2.05) is 6.92 Å². The van der Waals surface area contributed by atoms with E-state index in [0.717, 1.165) is 13.1 Å². The van der Waals surface area contributed by atoms with Gasteiger partial charge in [0, 0.05) is 50.3 Å². The van der Waals surface area contributed by atoms with Crippen LogP contribution in [0.25, 0.3) is 0 Å². The summed E-state index contributed by atoms with van der Waals surface area (Å²) in [4.78, 5) is 2.38. The summed E-state index contributed by atoms with van der Waals surface area (Å²) in [6.45, 7) is 11.6. The van der Waals surface area contributed by atoms with E-state index in [4.69, 9.17) is 17.2 Å². The van der Waals surface area contributed by atoms with Crippen molar-refractivity contribution in [2.75, 3.05) is 26.2 Å². The first kappa shape index (κ1) is 16.8. The van der Waals surface area contributed by atoms with Gasteiger partial charge in [0.2, 0.25) is 0 Å². The van der Waals surface area contributed by atoms with Crippen molar-refractivity contribution in [2.45, 2.75) is 51.9 Å². The predicted molar refractivity (Wildman–Crippen MR) is 74.9 cm³/mol. The van der Waals surface area contributed by atoms with Gasteiger partial charge in [-0.15, -0.1) is 0 Å². The zero-order valence-electron chi connectivity index (χ0n) is 11.8. The van der Waals surface area contributed by atoms with Gasteiger partial charge in [0.15, 0.2) is 0 Å². The molecule has 0 aliphatic carbocycles. The van der Waals surface area contributed by atoms with E-state index in [9.17, 15) is 0 Å². The van der Waals surface area contributed by atoms with Gasteiger partial charge in [0.05, 0.1) is 0 Å². The maximum absolute atomic E-state index is 5.76. The minimum absolute atomic E-state index is 0.189. The first-order valence-electron chi connectivity index (χ1n) is 6.57. The highest BCUT2D eigenvalue weighted by atomic mass is 15.2. The molecule has 0 saturated carbocycles. The van der Waals surface area contributed by atoms with E-state index in [1.165, 1.54) is 0 Å². The molecule has 0 aliphatic rings. The van der Waals surface area contributed by atoms with Crippen LogP contribution in [0.3, 0.4) is 0 Å². The second-order valence-electron chi connectivity index (χ2n) is 5.10. The zero-order chi connectivity index (χ0) is 13.4. The lowest BCUT2D eigenvalue weighted by atomic mass is 10.1. The predicted octanol–water partition coefficient (Wildman–Crippen LogP) is -0.692. The number of nitrogens with zero attached hydrogens (tertiary/aromatic N) is 1. The van der Waals surface area contributed by atoms with Crippen LogP contribution in [-0.2, 0) is 0 Å². The molecule has 0 aliphatic heterocycles. The van der Waals surface area contributed by atoms with Crippen LogP contribution in [0.4, 0.5) is 0 Å². The summed E-state index contributed by atoms with van der Waals surface area (Å²) in [7, 11) is 0. The van der Waals surface area contributed by atoms with E-state index in [0.29, 0.717) is 31.2 Å². The average molecular weight is 245 g/mol. The van der Waals surface area contributed by atoms with Crippen molar-refractivity contribution in [3.05, 3.63) is 0 Å². The fraction of sp³-hybridized carbons (Fsp3) is 1.00. The van der Waals surface area contributed by atoms with Crippen LogP contribution in [0.2, 0.25) is 0 Å². The van der Waals surface area contributed by atoms with Gasteiger partial charge >= 0.3 is 0 Å². The Balaban J connectivity index is 4.27. The highest BCUT2D eigenvalue weighted by Gasteiger charge is 2.23. The molecule has 17 heavy (non-hydrogen) atoms. The third kappa shape index (κ3) is 6.33. The maximum atomic E-state index is 5.76. The molecule has 0 spiro atoms. The van der Waals surface area contributed by atoms with Crippen LogP contribution in [0.5, 0.6) is 0 Å². The molecule has 5 heteroatoms. The Morgan fingerprint density at radius 2 is 1.35 bits per heavy atom. The Kier molecular flexibility index (Phi) is 8.72. The van der Waals surface area contributed by atoms with Gasteiger partial charge in [-0.25, -0.2) is 0 Å².